The summed E-state index contributed by atoms with van der Waals surface area (Å²) in [5.41, 5.74) is 1.11. The van der Waals surface area contributed by atoms with Gasteiger partial charge in [0.15, 0.2) is 10.9 Å². The van der Waals surface area contributed by atoms with Crippen LogP contribution in [-0.2, 0) is 0 Å². The van der Waals surface area contributed by atoms with Gasteiger partial charge in [0.25, 0.3) is 11.8 Å². The number of amides is 2. The summed E-state index contributed by atoms with van der Waals surface area (Å²) in [7, 11) is 0. The summed E-state index contributed by atoms with van der Waals surface area (Å²) in [6, 6.07) is 13.8. The van der Waals surface area contributed by atoms with Crippen molar-refractivity contribution in [3.63, 3.8) is 0 Å². The van der Waals surface area contributed by atoms with Gasteiger partial charge < -0.3 is 15.5 Å². The number of hydrogen-bond donors (Lipinski definition) is 3. The van der Waals surface area contributed by atoms with Crippen LogP contribution in [0.2, 0.25) is 0 Å². The van der Waals surface area contributed by atoms with Crippen molar-refractivity contribution in [2.75, 3.05) is 29.9 Å². The smallest absolute Gasteiger partial charge is 0.270 e. The van der Waals surface area contributed by atoms with E-state index < -0.39 is 11.7 Å². The van der Waals surface area contributed by atoms with Crippen molar-refractivity contribution in [2.45, 2.75) is 12.8 Å². The number of aromatic nitrogens is 3. The molecule has 2 aromatic heterocycles. The number of carbonyl (C=O) groups is 2. The first-order valence-corrected chi connectivity index (χ1v) is 12.8. The first-order valence-electron chi connectivity index (χ1n) is 11.2. The van der Waals surface area contributed by atoms with Crippen molar-refractivity contribution < 1.29 is 14.0 Å². The van der Waals surface area contributed by atoms with Gasteiger partial charge in [-0.15, -0.1) is 0 Å². The molecule has 35 heavy (non-hydrogen) atoms. The fourth-order valence-corrected chi connectivity index (χ4v) is 5.50. The third kappa shape index (κ3) is 5.06. The Morgan fingerprint density at radius 1 is 1.11 bits per heavy atom. The fourth-order valence-electron chi connectivity index (χ4n) is 4.03. The van der Waals surface area contributed by atoms with Crippen LogP contribution in [0.5, 0.6) is 0 Å². The van der Waals surface area contributed by atoms with E-state index in [0.717, 1.165) is 36.6 Å². The van der Waals surface area contributed by atoms with Gasteiger partial charge in [-0.05, 0) is 59.0 Å². The van der Waals surface area contributed by atoms with Crippen molar-refractivity contribution in [2.24, 2.45) is 5.92 Å². The Bertz CT molecular complexity index is 1350. The highest BCUT2D eigenvalue weighted by atomic mass is 79.9. The molecule has 2 amide bonds. The maximum absolute atomic E-state index is 13.9. The highest BCUT2D eigenvalue weighted by molar-refractivity contribution is 9.10. The van der Waals surface area contributed by atoms with Gasteiger partial charge in [0.1, 0.15) is 11.5 Å². The largest absolute Gasteiger partial charge is 0.350 e. The van der Waals surface area contributed by atoms with E-state index in [-0.39, 0.29) is 23.0 Å². The van der Waals surface area contributed by atoms with Crippen LogP contribution in [-0.4, -0.2) is 46.6 Å². The van der Waals surface area contributed by atoms with E-state index in [1.54, 1.807) is 17.4 Å². The fraction of sp³-hybridized carbons (Fsp3) is 0.250. The number of piperidine rings is 1. The molecule has 5 rings (SSSR count). The van der Waals surface area contributed by atoms with Crippen LogP contribution in [0.1, 0.15) is 33.7 Å². The van der Waals surface area contributed by atoms with Crippen molar-refractivity contribution in [1.82, 2.24) is 20.5 Å². The number of nitrogens with one attached hydrogen (secondary N) is 3. The Balaban J connectivity index is 1.14. The van der Waals surface area contributed by atoms with E-state index in [1.165, 1.54) is 22.9 Å². The van der Waals surface area contributed by atoms with E-state index in [4.69, 9.17) is 4.98 Å². The Morgan fingerprint density at radius 3 is 2.63 bits per heavy atom. The number of thiazole rings is 1. The SMILES string of the molecule is O=C(Nc1n[nH]c(C(=O)NCC2CCN(c3nc4ccccc4s3)CC2)c1Br)c1ccccc1F. The third-order valence-electron chi connectivity index (χ3n) is 6.00. The molecule has 180 valence electrons. The summed E-state index contributed by atoms with van der Waals surface area (Å²) < 4.78 is 15.3. The molecule has 1 aliphatic rings. The highest BCUT2D eigenvalue weighted by Crippen LogP contribution is 2.31. The van der Waals surface area contributed by atoms with Crippen LogP contribution in [0.4, 0.5) is 15.3 Å². The highest BCUT2D eigenvalue weighted by Gasteiger charge is 2.24. The monoisotopic (exact) mass is 556 g/mol. The summed E-state index contributed by atoms with van der Waals surface area (Å²) in [4.78, 5) is 32.1. The third-order valence-corrected chi connectivity index (χ3v) is 7.87. The molecular formula is C24H22BrFN6O2S. The molecule has 0 bridgehead atoms. The number of carbonyl (C=O) groups excluding carboxylic acids is 2. The lowest BCUT2D eigenvalue weighted by atomic mass is 9.97. The van der Waals surface area contributed by atoms with Gasteiger partial charge in [0, 0.05) is 19.6 Å². The average molecular weight is 557 g/mol. The van der Waals surface area contributed by atoms with E-state index in [1.807, 2.05) is 18.2 Å². The number of benzene rings is 2. The van der Waals surface area contributed by atoms with Crippen LogP contribution in [0, 0.1) is 11.7 Å². The lowest BCUT2D eigenvalue weighted by Gasteiger charge is -2.31. The van der Waals surface area contributed by atoms with Gasteiger partial charge in [-0.2, -0.15) is 5.10 Å². The van der Waals surface area contributed by atoms with Crippen LogP contribution in [0.25, 0.3) is 10.2 Å². The summed E-state index contributed by atoms with van der Waals surface area (Å²) in [6.07, 6.45) is 1.90. The molecule has 0 saturated carbocycles. The number of aromatic amines is 1. The van der Waals surface area contributed by atoms with Gasteiger partial charge >= 0.3 is 0 Å². The lowest BCUT2D eigenvalue weighted by Crippen LogP contribution is -2.38. The predicted octanol–water partition coefficient (Wildman–Crippen LogP) is 4.82. The first-order chi connectivity index (χ1) is 17.0. The number of fused-ring (bicyclic) bond motifs is 1. The quantitative estimate of drug-likeness (QED) is 0.316. The minimum atomic E-state index is -0.651. The number of H-pyrrole nitrogens is 1. The minimum absolute atomic E-state index is 0.106. The molecule has 0 radical (unpaired) electrons. The Hall–Kier alpha value is -3.31. The van der Waals surface area contributed by atoms with Crippen molar-refractivity contribution in [3.05, 3.63) is 70.1 Å². The van der Waals surface area contributed by atoms with E-state index in [0.29, 0.717) is 16.9 Å². The Labute approximate surface area is 213 Å². The molecule has 4 aromatic rings. The molecule has 0 unspecified atom stereocenters. The minimum Gasteiger partial charge on any atom is -0.350 e. The molecule has 0 spiro atoms. The number of halogens is 2. The normalized spacial score (nSPS) is 14.3. The van der Waals surface area contributed by atoms with Gasteiger partial charge in [-0.1, -0.05) is 35.6 Å². The number of rotatable bonds is 6. The van der Waals surface area contributed by atoms with Crippen LogP contribution in [0.15, 0.2) is 53.0 Å². The molecule has 1 aliphatic heterocycles. The molecule has 11 heteroatoms. The van der Waals surface area contributed by atoms with Gasteiger partial charge in [0.05, 0.1) is 20.3 Å². The first kappa shape index (κ1) is 23.4. The molecule has 2 aromatic carbocycles. The number of anilines is 2. The molecular weight excluding hydrogens is 535 g/mol. The lowest BCUT2D eigenvalue weighted by molar-refractivity contribution is 0.0938. The Kier molecular flexibility index (Phi) is 6.78. The molecule has 1 fully saturated rings. The maximum Gasteiger partial charge on any atom is 0.270 e. The Morgan fingerprint density at radius 2 is 1.86 bits per heavy atom. The topological polar surface area (TPSA) is 103 Å². The van der Waals surface area contributed by atoms with Gasteiger partial charge in [-0.25, -0.2) is 9.37 Å². The molecule has 8 nitrogen and oxygen atoms in total. The van der Waals surface area contributed by atoms with Crippen LogP contribution in [0.3, 0.4) is 0 Å². The molecule has 0 atom stereocenters. The average Bonchev–Trinajstić information content (AvgIpc) is 3.47. The van der Waals surface area contributed by atoms with Crippen LogP contribution >= 0.6 is 27.3 Å². The number of para-hydroxylation sites is 1. The standard InChI is InChI=1S/C24H22BrFN6O2S/c25-19-20(30-31-21(19)29-22(33)15-5-1-2-6-16(15)26)23(34)27-13-14-9-11-32(12-10-14)24-28-17-7-3-4-8-18(17)35-24/h1-8,14H,9-13H2,(H,27,34)(H2,29,30,31,33). The van der Waals surface area contributed by atoms with Crippen LogP contribution < -0.4 is 15.5 Å². The van der Waals surface area contributed by atoms with E-state index in [2.05, 4.69) is 47.7 Å². The van der Waals surface area contributed by atoms with Crippen molar-refractivity contribution in [1.29, 1.82) is 0 Å². The zero-order valence-corrected chi connectivity index (χ0v) is 21.0. The summed E-state index contributed by atoms with van der Waals surface area (Å²) in [5.74, 6) is -1.14. The molecule has 1 saturated heterocycles. The molecule has 3 N–H and O–H groups in total. The zero-order valence-electron chi connectivity index (χ0n) is 18.6. The maximum atomic E-state index is 13.9. The second-order valence-corrected chi connectivity index (χ2v) is 10.1. The predicted molar refractivity (Wildman–Crippen MR) is 138 cm³/mol. The summed E-state index contributed by atoms with van der Waals surface area (Å²) in [5, 5.41) is 13.1. The van der Waals surface area contributed by atoms with E-state index in [9.17, 15) is 14.0 Å². The van der Waals surface area contributed by atoms with Crippen molar-refractivity contribution >= 4 is 60.2 Å². The number of hydrogen-bond acceptors (Lipinski definition) is 6. The molecule has 0 aliphatic carbocycles. The van der Waals surface area contributed by atoms with Gasteiger partial charge in [0.2, 0.25) is 0 Å². The second-order valence-electron chi connectivity index (χ2n) is 8.30. The van der Waals surface area contributed by atoms with Gasteiger partial charge in [-0.3, -0.25) is 14.7 Å². The summed E-state index contributed by atoms with van der Waals surface area (Å²) in [6.45, 7) is 2.32. The van der Waals surface area contributed by atoms with Crippen molar-refractivity contribution in [3.8, 4) is 0 Å². The number of nitrogens with zero attached hydrogens (tertiary/aromatic N) is 3. The zero-order chi connectivity index (χ0) is 24.4. The molecule has 3 heterocycles. The summed E-state index contributed by atoms with van der Waals surface area (Å²) >= 11 is 5.02. The second kappa shape index (κ2) is 10.1. The van der Waals surface area contributed by atoms with E-state index >= 15 is 0 Å².